The summed E-state index contributed by atoms with van der Waals surface area (Å²) >= 11 is 1.43. The van der Waals surface area contributed by atoms with E-state index in [1.807, 2.05) is 36.5 Å². The Morgan fingerprint density at radius 1 is 1.15 bits per heavy atom. The number of benzene rings is 2. The summed E-state index contributed by atoms with van der Waals surface area (Å²) in [6.07, 6.45) is 1.86. The number of para-hydroxylation sites is 1. The predicted molar refractivity (Wildman–Crippen MR) is 110 cm³/mol. The number of hydrogen-bond donors (Lipinski definition) is 1. The molecular formula is C21H23N3O2S. The molecule has 140 valence electrons. The molecule has 0 radical (unpaired) electrons. The van der Waals surface area contributed by atoms with E-state index >= 15 is 0 Å². The number of anilines is 1. The van der Waals surface area contributed by atoms with Gasteiger partial charge in [0.05, 0.1) is 24.3 Å². The highest BCUT2D eigenvalue weighted by Gasteiger charge is 2.14. The van der Waals surface area contributed by atoms with Gasteiger partial charge >= 0.3 is 0 Å². The molecule has 0 aliphatic rings. The predicted octanol–water partition coefficient (Wildman–Crippen LogP) is 4.24. The number of carbonyl (C=O) groups is 1. The van der Waals surface area contributed by atoms with E-state index < -0.39 is 0 Å². The maximum Gasteiger partial charge on any atom is 0.234 e. The summed E-state index contributed by atoms with van der Waals surface area (Å²) in [7, 11) is 1.68. The van der Waals surface area contributed by atoms with Gasteiger partial charge in [0.25, 0.3) is 0 Å². The molecule has 0 atom stereocenters. The van der Waals surface area contributed by atoms with Crippen molar-refractivity contribution in [2.24, 2.45) is 0 Å². The first kappa shape index (κ1) is 19.2. The Labute approximate surface area is 163 Å². The molecule has 0 aliphatic carbocycles. The average molecular weight is 382 g/mol. The summed E-state index contributed by atoms with van der Waals surface area (Å²) in [6.45, 7) is 3.33. The van der Waals surface area contributed by atoms with Crippen molar-refractivity contribution in [3.05, 3.63) is 66.4 Å². The molecule has 0 unspecified atom stereocenters. The Morgan fingerprint density at radius 3 is 2.59 bits per heavy atom. The third kappa shape index (κ3) is 5.21. The lowest BCUT2D eigenvalue weighted by Crippen LogP contribution is -2.15. The number of methoxy groups -OCH3 is 1. The summed E-state index contributed by atoms with van der Waals surface area (Å²) < 4.78 is 7.35. The van der Waals surface area contributed by atoms with Crippen LogP contribution in [-0.4, -0.2) is 34.9 Å². The molecule has 0 aliphatic heterocycles. The number of carbonyl (C=O) groups excluding carboxylic acids is 1. The fourth-order valence-electron chi connectivity index (χ4n) is 2.68. The molecule has 1 amide bonds. The standard InChI is InChI=1S/C21H23N3O2S/c1-16-8-10-17(11-9-16)19-14-22-21(24(19)12-13-26-2)27-15-20(25)23-18-6-4-3-5-7-18/h3-11,14H,12-13,15H2,1-2H3,(H,23,25). The van der Waals surface area contributed by atoms with Crippen LogP contribution in [0.3, 0.4) is 0 Å². The van der Waals surface area contributed by atoms with E-state index in [0.29, 0.717) is 18.9 Å². The molecule has 1 aromatic heterocycles. The zero-order valence-corrected chi connectivity index (χ0v) is 16.3. The fourth-order valence-corrected chi connectivity index (χ4v) is 3.48. The average Bonchev–Trinajstić information content (AvgIpc) is 3.09. The van der Waals surface area contributed by atoms with Crippen LogP contribution >= 0.6 is 11.8 Å². The summed E-state index contributed by atoms with van der Waals surface area (Å²) in [6, 6.07) is 17.8. The minimum atomic E-state index is -0.0515. The molecule has 3 aromatic rings. The van der Waals surface area contributed by atoms with Crippen LogP contribution in [0.2, 0.25) is 0 Å². The van der Waals surface area contributed by atoms with Gasteiger partial charge in [0, 0.05) is 19.3 Å². The van der Waals surface area contributed by atoms with Crippen LogP contribution in [0.1, 0.15) is 5.56 Å². The number of hydrogen-bond acceptors (Lipinski definition) is 4. The first-order valence-electron chi connectivity index (χ1n) is 8.76. The van der Waals surface area contributed by atoms with Crippen LogP contribution in [0, 0.1) is 6.92 Å². The number of imidazole rings is 1. The Hall–Kier alpha value is -2.57. The van der Waals surface area contributed by atoms with Gasteiger partial charge in [-0.15, -0.1) is 0 Å². The van der Waals surface area contributed by atoms with Gasteiger partial charge < -0.3 is 14.6 Å². The SMILES string of the molecule is COCCn1c(-c2ccc(C)cc2)cnc1SCC(=O)Nc1ccccc1. The minimum Gasteiger partial charge on any atom is -0.383 e. The lowest BCUT2D eigenvalue weighted by atomic mass is 10.1. The second-order valence-corrected chi connectivity index (χ2v) is 7.08. The van der Waals surface area contributed by atoms with Crippen LogP contribution in [0.5, 0.6) is 0 Å². The molecule has 1 N–H and O–H groups in total. The van der Waals surface area contributed by atoms with Gasteiger partial charge in [-0.25, -0.2) is 4.98 Å². The molecular weight excluding hydrogens is 358 g/mol. The second-order valence-electron chi connectivity index (χ2n) is 6.14. The van der Waals surface area contributed by atoms with Crippen molar-refractivity contribution in [1.82, 2.24) is 9.55 Å². The molecule has 0 fully saturated rings. The van der Waals surface area contributed by atoms with E-state index in [1.165, 1.54) is 17.3 Å². The third-order valence-electron chi connectivity index (χ3n) is 4.08. The lowest BCUT2D eigenvalue weighted by molar-refractivity contribution is -0.113. The summed E-state index contributed by atoms with van der Waals surface area (Å²) in [5, 5.41) is 3.71. The number of aryl methyl sites for hydroxylation is 1. The van der Waals surface area contributed by atoms with Crippen molar-refractivity contribution >= 4 is 23.4 Å². The molecule has 6 heteroatoms. The zero-order chi connectivity index (χ0) is 19.1. The van der Waals surface area contributed by atoms with Crippen molar-refractivity contribution < 1.29 is 9.53 Å². The van der Waals surface area contributed by atoms with Crippen LogP contribution in [-0.2, 0) is 16.1 Å². The molecule has 3 rings (SSSR count). The van der Waals surface area contributed by atoms with Crippen LogP contribution in [0.4, 0.5) is 5.69 Å². The molecule has 0 spiro atoms. The largest absolute Gasteiger partial charge is 0.383 e. The number of thioether (sulfide) groups is 1. The lowest BCUT2D eigenvalue weighted by Gasteiger charge is -2.12. The number of nitrogens with one attached hydrogen (secondary N) is 1. The van der Waals surface area contributed by atoms with Crippen LogP contribution in [0.25, 0.3) is 11.3 Å². The van der Waals surface area contributed by atoms with Crippen molar-refractivity contribution in [3.8, 4) is 11.3 Å². The molecule has 27 heavy (non-hydrogen) atoms. The van der Waals surface area contributed by atoms with E-state index in [2.05, 4.69) is 46.1 Å². The number of rotatable bonds is 8. The van der Waals surface area contributed by atoms with Gasteiger partial charge in [0.1, 0.15) is 0 Å². The summed E-state index contributed by atoms with van der Waals surface area (Å²) in [5.41, 5.74) is 4.14. The zero-order valence-electron chi connectivity index (χ0n) is 15.5. The Balaban J connectivity index is 1.72. The maximum atomic E-state index is 12.2. The van der Waals surface area contributed by atoms with Gasteiger partial charge in [-0.05, 0) is 24.6 Å². The van der Waals surface area contributed by atoms with Gasteiger partial charge in [-0.3, -0.25) is 4.79 Å². The van der Waals surface area contributed by atoms with E-state index in [0.717, 1.165) is 22.1 Å². The minimum absolute atomic E-state index is 0.0515. The first-order chi connectivity index (χ1) is 13.2. The molecule has 0 saturated carbocycles. The molecule has 0 bridgehead atoms. The molecule has 2 aromatic carbocycles. The molecule has 0 saturated heterocycles. The Bertz CT molecular complexity index is 876. The monoisotopic (exact) mass is 381 g/mol. The second kappa shape index (κ2) is 9.39. The van der Waals surface area contributed by atoms with Crippen molar-refractivity contribution in [2.75, 3.05) is 24.8 Å². The van der Waals surface area contributed by atoms with Crippen LogP contribution in [0.15, 0.2) is 66.0 Å². The van der Waals surface area contributed by atoms with Crippen LogP contribution < -0.4 is 5.32 Å². The number of ether oxygens (including phenoxy) is 1. The summed E-state index contributed by atoms with van der Waals surface area (Å²) in [4.78, 5) is 16.8. The highest BCUT2D eigenvalue weighted by Crippen LogP contribution is 2.26. The topological polar surface area (TPSA) is 56.2 Å². The van der Waals surface area contributed by atoms with E-state index in [4.69, 9.17) is 4.74 Å². The Kier molecular flexibility index (Phi) is 6.68. The third-order valence-corrected chi connectivity index (χ3v) is 5.07. The van der Waals surface area contributed by atoms with E-state index in [9.17, 15) is 4.79 Å². The fraction of sp³-hybridized carbons (Fsp3) is 0.238. The number of nitrogens with zero attached hydrogens (tertiary/aromatic N) is 2. The van der Waals surface area contributed by atoms with Crippen molar-refractivity contribution in [1.29, 1.82) is 0 Å². The number of aromatic nitrogens is 2. The quantitative estimate of drug-likeness (QED) is 0.593. The van der Waals surface area contributed by atoms with Gasteiger partial charge in [-0.1, -0.05) is 59.8 Å². The van der Waals surface area contributed by atoms with E-state index in [1.54, 1.807) is 7.11 Å². The van der Waals surface area contributed by atoms with Crippen molar-refractivity contribution in [2.45, 2.75) is 18.6 Å². The van der Waals surface area contributed by atoms with Crippen molar-refractivity contribution in [3.63, 3.8) is 0 Å². The van der Waals surface area contributed by atoms with Gasteiger partial charge in [0.2, 0.25) is 5.91 Å². The molecule has 1 heterocycles. The first-order valence-corrected chi connectivity index (χ1v) is 9.75. The normalized spacial score (nSPS) is 10.7. The van der Waals surface area contributed by atoms with Gasteiger partial charge in [0.15, 0.2) is 5.16 Å². The molecule has 5 nitrogen and oxygen atoms in total. The maximum absolute atomic E-state index is 12.2. The smallest absolute Gasteiger partial charge is 0.234 e. The van der Waals surface area contributed by atoms with Gasteiger partial charge in [-0.2, -0.15) is 0 Å². The number of amides is 1. The van der Waals surface area contributed by atoms with E-state index in [-0.39, 0.29) is 5.91 Å². The Morgan fingerprint density at radius 2 is 1.89 bits per heavy atom. The summed E-state index contributed by atoms with van der Waals surface area (Å²) in [5.74, 6) is 0.246. The highest BCUT2D eigenvalue weighted by atomic mass is 32.2. The highest BCUT2D eigenvalue weighted by molar-refractivity contribution is 7.99.